The Bertz CT molecular complexity index is 399. The fourth-order valence-electron chi connectivity index (χ4n) is 1.13. The summed E-state index contributed by atoms with van der Waals surface area (Å²) in [4.78, 5) is 12.0. The van der Waals surface area contributed by atoms with E-state index in [2.05, 4.69) is 15.5 Å². The van der Waals surface area contributed by atoms with E-state index in [0.717, 1.165) is 4.88 Å². The first-order valence-electron chi connectivity index (χ1n) is 3.81. The number of ether oxygens (including phenoxy) is 1. The summed E-state index contributed by atoms with van der Waals surface area (Å²) in [5, 5.41) is 5.42. The largest absolute Gasteiger partial charge is 0.469 e. The zero-order valence-electron chi connectivity index (χ0n) is 7.07. The summed E-state index contributed by atoms with van der Waals surface area (Å²) >= 11 is 3.34. The van der Waals surface area contributed by atoms with Crippen molar-refractivity contribution in [3.63, 3.8) is 0 Å². The molecule has 0 atom stereocenters. The van der Waals surface area contributed by atoms with Crippen LogP contribution in [-0.2, 0) is 16.0 Å². The minimum Gasteiger partial charge on any atom is -0.469 e. The van der Waals surface area contributed by atoms with E-state index in [1.54, 1.807) is 22.7 Å². The molecular formula is C9H8O2S2. The third kappa shape index (κ3) is 1.73. The molecule has 0 fully saturated rings. The average molecular weight is 212 g/mol. The lowest BCUT2D eigenvalue weighted by Gasteiger charge is -1.93. The second-order valence-electron chi connectivity index (χ2n) is 2.66. The Kier molecular flexibility index (Phi) is 2.33. The van der Waals surface area contributed by atoms with Crippen LogP contribution in [0.1, 0.15) is 4.88 Å². The molecule has 4 heteroatoms. The molecule has 2 heterocycles. The quantitative estimate of drug-likeness (QED) is 0.715. The Morgan fingerprint density at radius 1 is 1.54 bits per heavy atom. The standard InChI is InChI=1S/C9H8O2S2/c1-11-9(10)3-7-2-6-4-12-5-8(6)13-7/h2,4-5H,3H2,1H3. The topological polar surface area (TPSA) is 26.3 Å². The van der Waals surface area contributed by atoms with Crippen LogP contribution in [0.15, 0.2) is 16.8 Å². The first-order chi connectivity index (χ1) is 6.29. The number of methoxy groups -OCH3 is 1. The molecule has 0 radical (unpaired) electrons. The van der Waals surface area contributed by atoms with Crippen LogP contribution in [0.25, 0.3) is 10.1 Å². The van der Waals surface area contributed by atoms with Gasteiger partial charge in [0.15, 0.2) is 0 Å². The number of carbonyl (C=O) groups excluding carboxylic acids is 1. The predicted molar refractivity (Wildman–Crippen MR) is 55.4 cm³/mol. The number of thiophene rings is 2. The van der Waals surface area contributed by atoms with Crippen LogP contribution in [-0.4, -0.2) is 13.1 Å². The van der Waals surface area contributed by atoms with Gasteiger partial charge < -0.3 is 4.74 Å². The molecule has 0 amide bonds. The van der Waals surface area contributed by atoms with Gasteiger partial charge in [-0.3, -0.25) is 4.79 Å². The Morgan fingerprint density at radius 2 is 2.38 bits per heavy atom. The number of carbonyl (C=O) groups is 1. The summed E-state index contributed by atoms with van der Waals surface area (Å²) in [6.07, 6.45) is 0.389. The highest BCUT2D eigenvalue weighted by Gasteiger charge is 2.07. The summed E-state index contributed by atoms with van der Waals surface area (Å²) in [5.74, 6) is -0.174. The summed E-state index contributed by atoms with van der Waals surface area (Å²) in [6, 6.07) is 2.05. The summed E-state index contributed by atoms with van der Waals surface area (Å²) in [7, 11) is 1.41. The van der Waals surface area contributed by atoms with Gasteiger partial charge in [-0.15, -0.1) is 11.3 Å². The van der Waals surface area contributed by atoms with Gasteiger partial charge in [-0.1, -0.05) is 0 Å². The molecule has 2 aromatic heterocycles. The third-order valence-electron chi connectivity index (χ3n) is 1.76. The van der Waals surface area contributed by atoms with E-state index >= 15 is 0 Å². The highest BCUT2D eigenvalue weighted by Crippen LogP contribution is 2.28. The number of fused-ring (bicyclic) bond motifs is 1. The summed E-state index contributed by atoms with van der Waals surface area (Å²) in [5.41, 5.74) is 0. The van der Waals surface area contributed by atoms with Crippen LogP contribution in [0, 0.1) is 0 Å². The molecule has 0 spiro atoms. The van der Waals surface area contributed by atoms with E-state index in [4.69, 9.17) is 0 Å². The van der Waals surface area contributed by atoms with Gasteiger partial charge in [0.25, 0.3) is 0 Å². The van der Waals surface area contributed by atoms with Crippen LogP contribution in [0.4, 0.5) is 0 Å². The summed E-state index contributed by atoms with van der Waals surface area (Å²) in [6.45, 7) is 0. The van der Waals surface area contributed by atoms with E-state index in [1.165, 1.54) is 17.2 Å². The highest BCUT2D eigenvalue weighted by molar-refractivity contribution is 7.22. The van der Waals surface area contributed by atoms with Crippen molar-refractivity contribution in [3.05, 3.63) is 21.7 Å². The van der Waals surface area contributed by atoms with E-state index in [9.17, 15) is 4.79 Å². The van der Waals surface area contributed by atoms with Crippen LogP contribution >= 0.6 is 22.7 Å². The molecule has 0 N–H and O–H groups in total. The Balaban J connectivity index is 2.25. The Morgan fingerprint density at radius 3 is 3.08 bits per heavy atom. The van der Waals surface area contributed by atoms with Crippen molar-refractivity contribution in [1.82, 2.24) is 0 Å². The van der Waals surface area contributed by atoms with Gasteiger partial charge in [0.2, 0.25) is 0 Å². The second-order valence-corrected chi connectivity index (χ2v) is 4.57. The second kappa shape index (κ2) is 3.47. The van der Waals surface area contributed by atoms with Crippen molar-refractivity contribution >= 4 is 38.7 Å². The zero-order chi connectivity index (χ0) is 9.26. The number of hydrogen-bond acceptors (Lipinski definition) is 4. The molecule has 2 aromatic rings. The van der Waals surface area contributed by atoms with Crippen molar-refractivity contribution in [2.75, 3.05) is 7.11 Å². The van der Waals surface area contributed by atoms with Crippen molar-refractivity contribution < 1.29 is 9.53 Å². The molecule has 0 bridgehead atoms. The number of hydrogen-bond donors (Lipinski definition) is 0. The molecule has 13 heavy (non-hydrogen) atoms. The molecule has 68 valence electrons. The molecule has 2 rings (SSSR count). The maximum Gasteiger partial charge on any atom is 0.310 e. The van der Waals surface area contributed by atoms with Crippen molar-refractivity contribution in [1.29, 1.82) is 0 Å². The molecule has 0 saturated heterocycles. The fourth-order valence-corrected chi connectivity index (χ4v) is 3.13. The molecule has 0 aliphatic heterocycles. The van der Waals surface area contributed by atoms with Gasteiger partial charge in [0.1, 0.15) is 0 Å². The Labute approximate surface area is 83.8 Å². The summed E-state index contributed by atoms with van der Waals surface area (Å²) < 4.78 is 5.85. The van der Waals surface area contributed by atoms with E-state index in [0.29, 0.717) is 6.42 Å². The molecule has 0 aliphatic rings. The molecule has 0 unspecified atom stereocenters. The van der Waals surface area contributed by atoms with Crippen LogP contribution in [0.2, 0.25) is 0 Å². The first kappa shape index (κ1) is 8.72. The normalized spacial score (nSPS) is 10.5. The molecule has 2 nitrogen and oxygen atoms in total. The molecule has 0 saturated carbocycles. The molecule has 0 aromatic carbocycles. The first-order valence-corrected chi connectivity index (χ1v) is 5.57. The van der Waals surface area contributed by atoms with Crippen molar-refractivity contribution in [3.8, 4) is 0 Å². The highest BCUT2D eigenvalue weighted by atomic mass is 32.1. The van der Waals surface area contributed by atoms with Crippen LogP contribution in [0.3, 0.4) is 0 Å². The van der Waals surface area contributed by atoms with Crippen LogP contribution in [0.5, 0.6) is 0 Å². The van der Waals surface area contributed by atoms with Gasteiger partial charge in [-0.25, -0.2) is 0 Å². The lowest BCUT2D eigenvalue weighted by Crippen LogP contribution is -2.02. The molecule has 0 aliphatic carbocycles. The van der Waals surface area contributed by atoms with Gasteiger partial charge in [0.05, 0.1) is 13.5 Å². The monoisotopic (exact) mass is 212 g/mol. The smallest absolute Gasteiger partial charge is 0.310 e. The van der Waals surface area contributed by atoms with Gasteiger partial charge in [0, 0.05) is 20.3 Å². The van der Waals surface area contributed by atoms with E-state index in [-0.39, 0.29) is 5.97 Å². The zero-order valence-corrected chi connectivity index (χ0v) is 8.71. The van der Waals surface area contributed by atoms with Crippen LogP contribution < -0.4 is 0 Å². The SMILES string of the molecule is COC(=O)Cc1cc2cscc2s1. The average Bonchev–Trinajstić information content (AvgIpc) is 2.63. The predicted octanol–water partition coefficient (Wildman–Crippen LogP) is 2.68. The maximum absolute atomic E-state index is 11.0. The van der Waals surface area contributed by atoms with Gasteiger partial charge in [-0.2, -0.15) is 11.3 Å². The van der Waals surface area contributed by atoms with Gasteiger partial charge in [-0.05, 0) is 11.4 Å². The minimum atomic E-state index is -0.174. The van der Waals surface area contributed by atoms with Crippen molar-refractivity contribution in [2.24, 2.45) is 0 Å². The number of rotatable bonds is 2. The lowest BCUT2D eigenvalue weighted by molar-refractivity contribution is -0.139. The molecular weight excluding hydrogens is 204 g/mol. The Hall–Kier alpha value is -0.870. The third-order valence-corrected chi connectivity index (χ3v) is 3.77. The number of esters is 1. The van der Waals surface area contributed by atoms with E-state index < -0.39 is 0 Å². The van der Waals surface area contributed by atoms with Crippen molar-refractivity contribution in [2.45, 2.75) is 6.42 Å². The maximum atomic E-state index is 11.0. The lowest BCUT2D eigenvalue weighted by atomic mass is 10.3. The van der Waals surface area contributed by atoms with Gasteiger partial charge >= 0.3 is 5.97 Å². The minimum absolute atomic E-state index is 0.174. The fraction of sp³-hybridized carbons (Fsp3) is 0.222. The van der Waals surface area contributed by atoms with E-state index in [1.807, 2.05) is 6.07 Å².